The van der Waals surface area contributed by atoms with Gasteiger partial charge < -0.3 is 0 Å². The fourth-order valence-electron chi connectivity index (χ4n) is 2.51. The Morgan fingerprint density at radius 3 is 2.39 bits per heavy atom. The molecular weight excluding hydrogens is 272 g/mol. The third kappa shape index (κ3) is 2.53. The molecule has 0 N–H and O–H groups in total. The van der Waals surface area contributed by atoms with Gasteiger partial charge >= 0.3 is 0 Å². The second-order valence-electron chi connectivity index (χ2n) is 4.78. The van der Waals surface area contributed by atoms with Crippen LogP contribution in [0, 0.1) is 0 Å². The largest absolute Gasteiger partial charge is 0.245 e. The SMILES string of the molecule is CC1CCCC(C)N1S(=O)(=O)c1ccc(Cl)nc1. The average Bonchev–Trinajstić information content (AvgIpc) is 2.29. The fourth-order valence-corrected chi connectivity index (χ4v) is 4.45. The first-order chi connectivity index (χ1) is 8.43. The number of aromatic nitrogens is 1. The number of hydrogen-bond donors (Lipinski definition) is 0. The number of rotatable bonds is 2. The van der Waals surface area contributed by atoms with Crippen molar-refractivity contribution in [1.82, 2.24) is 9.29 Å². The molecule has 1 aliphatic rings. The van der Waals surface area contributed by atoms with Crippen LogP contribution in [-0.2, 0) is 10.0 Å². The van der Waals surface area contributed by atoms with Crippen LogP contribution in [0.4, 0.5) is 0 Å². The van der Waals surface area contributed by atoms with Gasteiger partial charge in [0.1, 0.15) is 10.0 Å². The van der Waals surface area contributed by atoms with Gasteiger partial charge in [0.2, 0.25) is 10.0 Å². The van der Waals surface area contributed by atoms with Crippen molar-refractivity contribution in [2.75, 3.05) is 0 Å². The summed E-state index contributed by atoms with van der Waals surface area (Å²) in [6, 6.07) is 3.09. The van der Waals surface area contributed by atoms with Crippen molar-refractivity contribution in [3.05, 3.63) is 23.5 Å². The summed E-state index contributed by atoms with van der Waals surface area (Å²) < 4.78 is 26.7. The lowest BCUT2D eigenvalue weighted by atomic mass is 10.0. The molecule has 0 bridgehead atoms. The lowest BCUT2D eigenvalue weighted by Crippen LogP contribution is -2.47. The molecule has 1 saturated heterocycles. The van der Waals surface area contributed by atoms with Crippen LogP contribution in [0.1, 0.15) is 33.1 Å². The van der Waals surface area contributed by atoms with E-state index in [9.17, 15) is 8.42 Å². The molecule has 1 aromatic heterocycles. The molecule has 2 atom stereocenters. The quantitative estimate of drug-likeness (QED) is 0.786. The van der Waals surface area contributed by atoms with Gasteiger partial charge in [-0.15, -0.1) is 0 Å². The van der Waals surface area contributed by atoms with Crippen molar-refractivity contribution in [3.8, 4) is 0 Å². The molecule has 0 saturated carbocycles. The first kappa shape index (κ1) is 13.8. The van der Waals surface area contributed by atoms with Gasteiger partial charge in [0.25, 0.3) is 0 Å². The summed E-state index contributed by atoms with van der Waals surface area (Å²) in [5.74, 6) is 0. The second kappa shape index (κ2) is 5.15. The highest BCUT2D eigenvalue weighted by Crippen LogP contribution is 2.29. The minimum atomic E-state index is -3.46. The first-order valence-corrected chi connectivity index (χ1v) is 7.90. The summed E-state index contributed by atoms with van der Waals surface area (Å²) in [5, 5.41) is 0.300. The number of hydrogen-bond acceptors (Lipinski definition) is 3. The molecule has 6 heteroatoms. The summed E-state index contributed by atoms with van der Waals surface area (Å²) in [6.45, 7) is 3.91. The highest BCUT2D eigenvalue weighted by atomic mass is 35.5. The molecule has 1 aromatic rings. The summed E-state index contributed by atoms with van der Waals surface area (Å²) in [5.41, 5.74) is 0. The van der Waals surface area contributed by atoms with Gasteiger partial charge in [0, 0.05) is 18.3 Å². The van der Waals surface area contributed by atoms with Crippen LogP contribution in [-0.4, -0.2) is 29.8 Å². The first-order valence-electron chi connectivity index (χ1n) is 6.08. The van der Waals surface area contributed by atoms with E-state index in [1.807, 2.05) is 13.8 Å². The normalized spacial score (nSPS) is 26.2. The lowest BCUT2D eigenvalue weighted by molar-refractivity contribution is 0.204. The van der Waals surface area contributed by atoms with E-state index in [0.717, 1.165) is 19.3 Å². The smallest absolute Gasteiger partial charge is 0.243 e. The van der Waals surface area contributed by atoms with Crippen molar-refractivity contribution in [2.24, 2.45) is 0 Å². The van der Waals surface area contributed by atoms with E-state index >= 15 is 0 Å². The molecule has 0 aromatic carbocycles. The van der Waals surface area contributed by atoms with Crippen LogP contribution in [0.15, 0.2) is 23.2 Å². The third-order valence-corrected chi connectivity index (χ3v) is 5.72. The third-order valence-electron chi connectivity index (χ3n) is 3.39. The maximum atomic E-state index is 12.6. The van der Waals surface area contributed by atoms with Gasteiger partial charge in [-0.1, -0.05) is 18.0 Å². The number of nitrogens with zero attached hydrogens (tertiary/aromatic N) is 2. The van der Waals surface area contributed by atoms with Crippen LogP contribution < -0.4 is 0 Å². The Balaban J connectivity index is 2.38. The summed E-state index contributed by atoms with van der Waals surface area (Å²) in [4.78, 5) is 4.07. The Labute approximate surface area is 113 Å². The average molecular weight is 289 g/mol. The number of sulfonamides is 1. The van der Waals surface area contributed by atoms with Gasteiger partial charge in [0.15, 0.2) is 0 Å². The van der Waals surface area contributed by atoms with E-state index in [0.29, 0.717) is 5.15 Å². The minimum Gasteiger partial charge on any atom is -0.243 e. The maximum Gasteiger partial charge on any atom is 0.245 e. The molecule has 2 rings (SSSR count). The van der Waals surface area contributed by atoms with E-state index in [4.69, 9.17) is 11.6 Å². The van der Waals surface area contributed by atoms with Gasteiger partial charge in [0.05, 0.1) is 0 Å². The molecular formula is C12H17ClN2O2S. The van der Waals surface area contributed by atoms with Crippen molar-refractivity contribution in [2.45, 2.75) is 50.1 Å². The van der Waals surface area contributed by atoms with Crippen molar-refractivity contribution < 1.29 is 8.42 Å². The van der Waals surface area contributed by atoms with Crippen LogP contribution >= 0.6 is 11.6 Å². The topological polar surface area (TPSA) is 50.3 Å². The molecule has 0 aliphatic carbocycles. The molecule has 1 aliphatic heterocycles. The Morgan fingerprint density at radius 1 is 1.28 bits per heavy atom. The van der Waals surface area contributed by atoms with Crippen LogP contribution in [0.25, 0.3) is 0 Å². The zero-order valence-electron chi connectivity index (χ0n) is 10.5. The Hall–Kier alpha value is -0.650. The van der Waals surface area contributed by atoms with Crippen LogP contribution in [0.5, 0.6) is 0 Å². The van der Waals surface area contributed by atoms with E-state index in [1.54, 1.807) is 4.31 Å². The van der Waals surface area contributed by atoms with Gasteiger partial charge in [-0.25, -0.2) is 13.4 Å². The lowest BCUT2D eigenvalue weighted by Gasteiger charge is -2.37. The molecule has 4 nitrogen and oxygen atoms in total. The predicted molar refractivity (Wildman–Crippen MR) is 71.0 cm³/mol. The highest BCUT2D eigenvalue weighted by Gasteiger charge is 2.35. The van der Waals surface area contributed by atoms with Gasteiger partial charge in [-0.05, 0) is 38.8 Å². The predicted octanol–water partition coefficient (Wildman–Crippen LogP) is 2.69. The number of piperidine rings is 1. The van der Waals surface area contributed by atoms with Crippen molar-refractivity contribution >= 4 is 21.6 Å². The standard InChI is InChI=1S/C12H17ClN2O2S/c1-9-4-3-5-10(2)15(9)18(16,17)11-6-7-12(13)14-8-11/h6-10H,3-5H2,1-2H3. The van der Waals surface area contributed by atoms with E-state index in [1.165, 1.54) is 18.3 Å². The molecule has 0 radical (unpaired) electrons. The van der Waals surface area contributed by atoms with Crippen molar-refractivity contribution in [3.63, 3.8) is 0 Å². The highest BCUT2D eigenvalue weighted by molar-refractivity contribution is 7.89. The zero-order chi connectivity index (χ0) is 13.3. The molecule has 1 fully saturated rings. The van der Waals surface area contributed by atoms with E-state index in [-0.39, 0.29) is 17.0 Å². The molecule has 2 heterocycles. The Bertz CT molecular complexity index is 505. The zero-order valence-corrected chi connectivity index (χ0v) is 12.1. The molecule has 18 heavy (non-hydrogen) atoms. The second-order valence-corrected chi connectivity index (χ2v) is 7.01. The van der Waals surface area contributed by atoms with Gasteiger partial charge in [-0.3, -0.25) is 0 Å². The van der Waals surface area contributed by atoms with Gasteiger partial charge in [-0.2, -0.15) is 4.31 Å². The minimum absolute atomic E-state index is 0.0365. The van der Waals surface area contributed by atoms with Crippen LogP contribution in [0.2, 0.25) is 5.15 Å². The van der Waals surface area contributed by atoms with E-state index in [2.05, 4.69) is 4.98 Å². The fraction of sp³-hybridized carbons (Fsp3) is 0.583. The number of halogens is 1. The molecule has 100 valence electrons. The Kier molecular flexibility index (Phi) is 3.94. The Morgan fingerprint density at radius 2 is 1.89 bits per heavy atom. The summed E-state index contributed by atoms with van der Waals surface area (Å²) >= 11 is 5.69. The summed E-state index contributed by atoms with van der Waals surface area (Å²) in [7, 11) is -3.46. The number of pyridine rings is 1. The molecule has 0 amide bonds. The van der Waals surface area contributed by atoms with Crippen LogP contribution in [0.3, 0.4) is 0 Å². The maximum absolute atomic E-state index is 12.6. The monoisotopic (exact) mass is 288 g/mol. The van der Waals surface area contributed by atoms with Crippen molar-refractivity contribution in [1.29, 1.82) is 0 Å². The molecule has 0 spiro atoms. The van der Waals surface area contributed by atoms with E-state index < -0.39 is 10.0 Å². The summed E-state index contributed by atoms with van der Waals surface area (Å²) in [6.07, 6.45) is 4.22. The molecule has 2 unspecified atom stereocenters.